The highest BCUT2D eigenvalue weighted by atomic mass is 16.2. The van der Waals surface area contributed by atoms with Gasteiger partial charge in [-0.05, 0) is 36.2 Å². The highest BCUT2D eigenvalue weighted by molar-refractivity contribution is 5.94. The van der Waals surface area contributed by atoms with Crippen LogP contribution in [0.1, 0.15) is 32.8 Å². The molecule has 2 heterocycles. The van der Waals surface area contributed by atoms with Crippen molar-refractivity contribution in [3.05, 3.63) is 54.4 Å². The molecule has 0 saturated carbocycles. The van der Waals surface area contributed by atoms with Crippen LogP contribution in [0.25, 0.3) is 0 Å². The molecule has 0 aliphatic carbocycles. The molecule has 32 heavy (non-hydrogen) atoms. The number of nitrogens with one attached hydrogen (secondary N) is 2. The summed E-state index contributed by atoms with van der Waals surface area (Å²) in [4.78, 5) is 33.3. The average Bonchev–Trinajstić information content (AvgIpc) is 2.78. The number of para-hydroxylation sites is 2. The molecule has 1 aromatic carbocycles. The highest BCUT2D eigenvalue weighted by Gasteiger charge is 2.21. The Hall–Kier alpha value is -2.93. The topological polar surface area (TPSA) is 77.6 Å². The van der Waals surface area contributed by atoms with E-state index in [1.54, 1.807) is 0 Å². The third kappa shape index (κ3) is 7.05. The molecule has 0 bridgehead atoms. The van der Waals surface area contributed by atoms with Crippen LogP contribution in [0.3, 0.4) is 0 Å². The van der Waals surface area contributed by atoms with Crippen molar-refractivity contribution in [2.45, 2.75) is 33.6 Å². The zero-order valence-electron chi connectivity index (χ0n) is 19.4. The normalized spacial score (nSPS) is 14.8. The van der Waals surface area contributed by atoms with Gasteiger partial charge in [0.05, 0.1) is 11.4 Å². The van der Waals surface area contributed by atoms with Crippen LogP contribution in [-0.2, 0) is 16.0 Å². The van der Waals surface area contributed by atoms with E-state index in [1.807, 2.05) is 51.4 Å². The fourth-order valence-electron chi connectivity index (χ4n) is 3.67. The van der Waals surface area contributed by atoms with Gasteiger partial charge in [0.25, 0.3) is 0 Å². The largest absolute Gasteiger partial charge is 0.367 e. The lowest BCUT2D eigenvalue weighted by Crippen LogP contribution is -2.47. The SMILES string of the molecule is CC(C)(C)C(=O)NCCC(=O)Nc1ccccc1N1CCN(CCc2ccncc2)CC1. The van der Waals surface area contributed by atoms with Gasteiger partial charge >= 0.3 is 0 Å². The lowest BCUT2D eigenvalue weighted by atomic mass is 9.96. The molecule has 0 radical (unpaired) electrons. The fourth-order valence-corrected chi connectivity index (χ4v) is 3.67. The number of hydrogen-bond donors (Lipinski definition) is 2. The van der Waals surface area contributed by atoms with Crippen molar-refractivity contribution in [3.8, 4) is 0 Å². The molecular formula is C25H35N5O2. The number of rotatable bonds is 8. The van der Waals surface area contributed by atoms with Crippen LogP contribution in [0, 0.1) is 5.41 Å². The van der Waals surface area contributed by atoms with Crippen molar-refractivity contribution in [3.63, 3.8) is 0 Å². The van der Waals surface area contributed by atoms with E-state index in [4.69, 9.17) is 0 Å². The number of piperazine rings is 1. The number of anilines is 2. The first-order chi connectivity index (χ1) is 15.3. The van der Waals surface area contributed by atoms with E-state index in [1.165, 1.54) is 5.56 Å². The minimum absolute atomic E-state index is 0.0486. The molecule has 3 rings (SSSR count). The Bertz CT molecular complexity index is 887. The Labute approximate surface area is 191 Å². The first-order valence-corrected chi connectivity index (χ1v) is 11.4. The molecule has 1 aliphatic rings. The van der Waals surface area contributed by atoms with E-state index >= 15 is 0 Å². The quantitative estimate of drug-likeness (QED) is 0.664. The Balaban J connectivity index is 1.47. The van der Waals surface area contributed by atoms with Crippen LogP contribution in [0.4, 0.5) is 11.4 Å². The van der Waals surface area contributed by atoms with Gasteiger partial charge in [0.1, 0.15) is 0 Å². The molecule has 172 valence electrons. The molecule has 7 nitrogen and oxygen atoms in total. The van der Waals surface area contributed by atoms with Crippen LogP contribution >= 0.6 is 0 Å². The molecule has 0 spiro atoms. The third-order valence-corrected chi connectivity index (χ3v) is 5.68. The smallest absolute Gasteiger partial charge is 0.226 e. The molecule has 1 aliphatic heterocycles. The Morgan fingerprint density at radius 3 is 2.38 bits per heavy atom. The molecule has 2 amide bonds. The summed E-state index contributed by atoms with van der Waals surface area (Å²) in [7, 11) is 0. The Kier molecular flexibility index (Phi) is 8.22. The van der Waals surface area contributed by atoms with E-state index in [0.29, 0.717) is 6.54 Å². The standard InChI is InChI=1S/C25H35N5O2/c1-25(2,3)24(32)27-14-10-23(31)28-21-6-4-5-7-22(21)30-18-16-29(17-19-30)15-11-20-8-12-26-13-9-20/h4-9,12-13H,10-11,14-19H2,1-3H3,(H,27,32)(H,28,31). The summed E-state index contributed by atoms with van der Waals surface area (Å²) in [6.45, 7) is 10.8. The maximum atomic E-state index is 12.5. The van der Waals surface area contributed by atoms with Crippen LogP contribution < -0.4 is 15.5 Å². The van der Waals surface area contributed by atoms with E-state index < -0.39 is 5.41 Å². The molecule has 2 aromatic rings. The number of benzene rings is 1. The minimum atomic E-state index is -0.455. The van der Waals surface area contributed by atoms with Crippen LogP contribution in [-0.4, -0.2) is 61.0 Å². The molecular weight excluding hydrogens is 402 g/mol. The molecule has 0 unspecified atom stereocenters. The fraction of sp³-hybridized carbons (Fsp3) is 0.480. The first-order valence-electron chi connectivity index (χ1n) is 11.4. The van der Waals surface area contributed by atoms with Gasteiger partial charge in [-0.1, -0.05) is 32.9 Å². The lowest BCUT2D eigenvalue weighted by Gasteiger charge is -2.37. The minimum Gasteiger partial charge on any atom is -0.367 e. The van der Waals surface area contributed by atoms with Crippen LogP contribution in [0.2, 0.25) is 0 Å². The van der Waals surface area contributed by atoms with Crippen molar-refractivity contribution >= 4 is 23.2 Å². The molecule has 1 saturated heterocycles. The van der Waals surface area contributed by atoms with Gasteiger partial charge in [0, 0.05) is 63.5 Å². The molecule has 7 heteroatoms. The van der Waals surface area contributed by atoms with Gasteiger partial charge < -0.3 is 15.5 Å². The highest BCUT2D eigenvalue weighted by Crippen LogP contribution is 2.27. The summed E-state index contributed by atoms with van der Waals surface area (Å²) >= 11 is 0. The second kappa shape index (κ2) is 11.1. The number of pyridine rings is 1. The van der Waals surface area contributed by atoms with E-state index in [9.17, 15) is 9.59 Å². The van der Waals surface area contributed by atoms with Crippen molar-refractivity contribution < 1.29 is 9.59 Å². The molecule has 0 atom stereocenters. The van der Waals surface area contributed by atoms with Gasteiger partial charge in [-0.25, -0.2) is 0 Å². The van der Waals surface area contributed by atoms with Crippen molar-refractivity contribution in [1.82, 2.24) is 15.2 Å². The first kappa shape index (κ1) is 23.7. The number of carbonyl (C=O) groups excluding carboxylic acids is 2. The van der Waals surface area contributed by atoms with Gasteiger partial charge in [-0.2, -0.15) is 0 Å². The second-order valence-electron chi connectivity index (χ2n) is 9.26. The number of hydrogen-bond acceptors (Lipinski definition) is 5. The second-order valence-corrected chi connectivity index (χ2v) is 9.26. The van der Waals surface area contributed by atoms with Gasteiger partial charge in [0.15, 0.2) is 0 Å². The average molecular weight is 438 g/mol. The summed E-state index contributed by atoms with van der Waals surface area (Å²) in [6.07, 6.45) is 4.97. The summed E-state index contributed by atoms with van der Waals surface area (Å²) in [5.74, 6) is -0.143. The molecule has 1 aromatic heterocycles. The monoisotopic (exact) mass is 437 g/mol. The van der Waals surface area contributed by atoms with E-state index in [-0.39, 0.29) is 18.2 Å². The summed E-state index contributed by atoms with van der Waals surface area (Å²) in [5.41, 5.74) is 2.73. The Morgan fingerprint density at radius 2 is 1.69 bits per heavy atom. The number of carbonyl (C=O) groups is 2. The van der Waals surface area contributed by atoms with Crippen LogP contribution in [0.15, 0.2) is 48.8 Å². The van der Waals surface area contributed by atoms with Crippen molar-refractivity contribution in [1.29, 1.82) is 0 Å². The van der Waals surface area contributed by atoms with Gasteiger partial charge in [-0.3, -0.25) is 19.5 Å². The number of amides is 2. The summed E-state index contributed by atoms with van der Waals surface area (Å²) < 4.78 is 0. The Morgan fingerprint density at radius 1 is 1.00 bits per heavy atom. The van der Waals surface area contributed by atoms with Gasteiger partial charge in [-0.15, -0.1) is 0 Å². The third-order valence-electron chi connectivity index (χ3n) is 5.68. The van der Waals surface area contributed by atoms with Crippen molar-refractivity contribution in [2.24, 2.45) is 5.41 Å². The van der Waals surface area contributed by atoms with E-state index in [2.05, 4.69) is 43.6 Å². The zero-order valence-corrected chi connectivity index (χ0v) is 19.4. The summed E-state index contributed by atoms with van der Waals surface area (Å²) in [6, 6.07) is 12.1. The molecule has 2 N–H and O–H groups in total. The molecule has 1 fully saturated rings. The van der Waals surface area contributed by atoms with Crippen molar-refractivity contribution in [2.75, 3.05) is 49.5 Å². The predicted molar refractivity (Wildman–Crippen MR) is 129 cm³/mol. The van der Waals surface area contributed by atoms with E-state index in [0.717, 1.165) is 50.5 Å². The lowest BCUT2D eigenvalue weighted by molar-refractivity contribution is -0.128. The maximum Gasteiger partial charge on any atom is 0.226 e. The predicted octanol–water partition coefficient (Wildman–Crippen LogP) is 2.94. The number of aromatic nitrogens is 1. The zero-order chi connectivity index (χ0) is 23.0. The maximum absolute atomic E-state index is 12.5. The summed E-state index contributed by atoms with van der Waals surface area (Å²) in [5, 5.41) is 5.85. The van der Waals surface area contributed by atoms with Crippen LogP contribution in [0.5, 0.6) is 0 Å². The van der Waals surface area contributed by atoms with Gasteiger partial charge in [0.2, 0.25) is 11.8 Å². The number of nitrogens with zero attached hydrogens (tertiary/aromatic N) is 3.